The van der Waals surface area contributed by atoms with Crippen LogP contribution in [0.25, 0.3) is 0 Å². The molecule has 1 aliphatic carbocycles. The second-order valence-corrected chi connectivity index (χ2v) is 6.97. The maximum atomic E-state index is 13.1. The lowest BCUT2D eigenvalue weighted by Gasteiger charge is -2.32. The van der Waals surface area contributed by atoms with E-state index in [-0.39, 0.29) is 11.3 Å². The van der Waals surface area contributed by atoms with E-state index >= 15 is 0 Å². The number of rotatable bonds is 4. The number of carbonyl (C=O) groups is 1. The van der Waals surface area contributed by atoms with Gasteiger partial charge in [0.05, 0.1) is 12.5 Å². The Hall–Kier alpha value is -1.55. The quantitative estimate of drug-likeness (QED) is 0.898. The highest BCUT2D eigenvalue weighted by molar-refractivity contribution is 5.89. The summed E-state index contributed by atoms with van der Waals surface area (Å²) < 4.78 is 5.48. The number of carbonyl (C=O) groups excluding carboxylic acids is 1. The molecule has 1 amide bonds. The standard InChI is InChI=1S/C19H28N2O2/c1-14-5-6-15(13-17(14)23-2)19(9-3-4-10-19)18(22)21-16-7-11-20-12-8-16/h5-6,13,16,20H,3-4,7-12H2,1-2H3,(H,21,22). The Balaban J connectivity index is 1.85. The zero-order valence-corrected chi connectivity index (χ0v) is 14.3. The number of amides is 1. The predicted molar refractivity (Wildman–Crippen MR) is 91.9 cm³/mol. The highest BCUT2D eigenvalue weighted by Gasteiger charge is 2.43. The van der Waals surface area contributed by atoms with Crippen LogP contribution in [0.5, 0.6) is 5.75 Å². The Labute approximate surface area is 139 Å². The molecular formula is C19H28N2O2. The van der Waals surface area contributed by atoms with Gasteiger partial charge in [-0.25, -0.2) is 0 Å². The lowest BCUT2D eigenvalue weighted by atomic mass is 9.77. The Bertz CT molecular complexity index is 558. The fourth-order valence-electron chi connectivity index (χ4n) is 4.03. The summed E-state index contributed by atoms with van der Waals surface area (Å²) in [6.45, 7) is 4.03. The molecule has 1 aromatic carbocycles. The summed E-state index contributed by atoms with van der Waals surface area (Å²) in [5.41, 5.74) is 1.86. The van der Waals surface area contributed by atoms with Gasteiger partial charge in [-0.1, -0.05) is 25.0 Å². The van der Waals surface area contributed by atoms with Crippen LogP contribution in [0.15, 0.2) is 18.2 Å². The molecular weight excluding hydrogens is 288 g/mol. The molecule has 1 saturated heterocycles. The number of nitrogens with one attached hydrogen (secondary N) is 2. The second kappa shape index (κ2) is 6.91. The van der Waals surface area contributed by atoms with Crippen molar-refractivity contribution < 1.29 is 9.53 Å². The van der Waals surface area contributed by atoms with Gasteiger partial charge >= 0.3 is 0 Å². The average Bonchev–Trinajstić information content (AvgIpc) is 3.07. The van der Waals surface area contributed by atoms with Crippen LogP contribution in [0, 0.1) is 6.92 Å². The first-order chi connectivity index (χ1) is 11.2. The van der Waals surface area contributed by atoms with Gasteiger partial charge in [0, 0.05) is 6.04 Å². The molecule has 2 N–H and O–H groups in total. The van der Waals surface area contributed by atoms with Crippen LogP contribution < -0.4 is 15.4 Å². The summed E-state index contributed by atoms with van der Waals surface area (Å²) >= 11 is 0. The smallest absolute Gasteiger partial charge is 0.230 e. The minimum atomic E-state index is -0.369. The van der Waals surface area contributed by atoms with Gasteiger partial charge in [-0.05, 0) is 62.9 Å². The summed E-state index contributed by atoms with van der Waals surface area (Å²) in [4.78, 5) is 13.1. The van der Waals surface area contributed by atoms with Gasteiger partial charge in [-0.2, -0.15) is 0 Å². The fraction of sp³-hybridized carbons (Fsp3) is 0.632. The summed E-state index contributed by atoms with van der Waals surface area (Å²) in [7, 11) is 1.70. The molecule has 1 heterocycles. The molecule has 1 aromatic rings. The van der Waals surface area contributed by atoms with E-state index in [0.717, 1.165) is 68.5 Å². The van der Waals surface area contributed by atoms with E-state index in [1.54, 1.807) is 7.11 Å². The molecule has 1 saturated carbocycles. The van der Waals surface area contributed by atoms with E-state index in [0.29, 0.717) is 6.04 Å². The minimum Gasteiger partial charge on any atom is -0.496 e. The van der Waals surface area contributed by atoms with Gasteiger partial charge in [-0.15, -0.1) is 0 Å². The van der Waals surface area contributed by atoms with Gasteiger partial charge in [0.1, 0.15) is 5.75 Å². The molecule has 2 aliphatic rings. The van der Waals surface area contributed by atoms with E-state index in [9.17, 15) is 4.79 Å². The third kappa shape index (κ3) is 3.23. The maximum Gasteiger partial charge on any atom is 0.230 e. The Morgan fingerprint density at radius 2 is 1.96 bits per heavy atom. The van der Waals surface area contributed by atoms with Crippen LogP contribution in [0.4, 0.5) is 0 Å². The van der Waals surface area contributed by atoms with Crippen molar-refractivity contribution in [3.8, 4) is 5.75 Å². The van der Waals surface area contributed by atoms with E-state index in [1.807, 2.05) is 6.92 Å². The molecule has 1 aliphatic heterocycles. The normalized spacial score (nSPS) is 21.1. The molecule has 0 atom stereocenters. The monoisotopic (exact) mass is 316 g/mol. The van der Waals surface area contributed by atoms with Gasteiger partial charge < -0.3 is 15.4 Å². The van der Waals surface area contributed by atoms with Crippen LogP contribution in [-0.4, -0.2) is 32.1 Å². The van der Waals surface area contributed by atoms with Crippen molar-refractivity contribution >= 4 is 5.91 Å². The summed E-state index contributed by atoms with van der Waals surface area (Å²) in [5.74, 6) is 1.09. The van der Waals surface area contributed by atoms with Crippen molar-refractivity contribution in [3.05, 3.63) is 29.3 Å². The number of hydrogen-bond acceptors (Lipinski definition) is 3. The summed E-state index contributed by atoms with van der Waals surface area (Å²) in [5, 5.41) is 6.68. The van der Waals surface area contributed by atoms with E-state index < -0.39 is 0 Å². The molecule has 2 fully saturated rings. The van der Waals surface area contributed by atoms with Crippen LogP contribution >= 0.6 is 0 Å². The number of hydrogen-bond donors (Lipinski definition) is 2. The number of piperidine rings is 1. The van der Waals surface area contributed by atoms with Crippen molar-refractivity contribution in [2.45, 2.75) is 56.9 Å². The predicted octanol–water partition coefficient (Wildman–Crippen LogP) is 2.68. The zero-order chi connectivity index (χ0) is 16.3. The molecule has 0 radical (unpaired) electrons. The summed E-state index contributed by atoms with van der Waals surface area (Å²) in [6, 6.07) is 6.58. The van der Waals surface area contributed by atoms with Gasteiger partial charge in [0.15, 0.2) is 0 Å². The Kier molecular flexibility index (Phi) is 4.90. The maximum absolute atomic E-state index is 13.1. The molecule has 0 bridgehead atoms. The molecule has 4 heteroatoms. The number of ether oxygens (including phenoxy) is 1. The number of methoxy groups -OCH3 is 1. The molecule has 126 valence electrons. The molecule has 3 rings (SSSR count). The van der Waals surface area contributed by atoms with Gasteiger partial charge in [0.25, 0.3) is 0 Å². The van der Waals surface area contributed by atoms with Crippen molar-refractivity contribution in [1.29, 1.82) is 0 Å². The van der Waals surface area contributed by atoms with Gasteiger partial charge in [-0.3, -0.25) is 4.79 Å². The van der Waals surface area contributed by atoms with E-state index in [2.05, 4.69) is 28.8 Å². The number of aryl methyl sites for hydroxylation is 1. The van der Waals surface area contributed by atoms with Crippen LogP contribution in [0.2, 0.25) is 0 Å². The number of benzene rings is 1. The van der Waals surface area contributed by atoms with Crippen molar-refractivity contribution in [2.75, 3.05) is 20.2 Å². The summed E-state index contributed by atoms with van der Waals surface area (Å²) in [6.07, 6.45) is 6.18. The minimum absolute atomic E-state index is 0.216. The topological polar surface area (TPSA) is 50.4 Å². The molecule has 0 aromatic heterocycles. The second-order valence-electron chi connectivity index (χ2n) is 6.97. The molecule has 0 spiro atoms. The SMILES string of the molecule is COc1cc(C2(C(=O)NC3CCNCC3)CCCC2)ccc1C. The Morgan fingerprint density at radius 1 is 1.26 bits per heavy atom. The highest BCUT2D eigenvalue weighted by atomic mass is 16.5. The largest absolute Gasteiger partial charge is 0.496 e. The lowest BCUT2D eigenvalue weighted by Crippen LogP contribution is -2.50. The van der Waals surface area contributed by atoms with Crippen molar-refractivity contribution in [2.24, 2.45) is 0 Å². The third-order valence-electron chi connectivity index (χ3n) is 5.53. The molecule has 4 nitrogen and oxygen atoms in total. The van der Waals surface area contributed by atoms with Crippen LogP contribution in [0.1, 0.15) is 49.7 Å². The first-order valence-corrected chi connectivity index (χ1v) is 8.82. The molecule has 0 unspecified atom stereocenters. The first kappa shape index (κ1) is 16.3. The fourth-order valence-corrected chi connectivity index (χ4v) is 4.03. The third-order valence-corrected chi connectivity index (χ3v) is 5.53. The Morgan fingerprint density at radius 3 is 2.61 bits per heavy atom. The van der Waals surface area contributed by atoms with Gasteiger partial charge in [0.2, 0.25) is 5.91 Å². The van der Waals surface area contributed by atoms with E-state index in [1.165, 1.54) is 0 Å². The highest BCUT2D eigenvalue weighted by Crippen LogP contribution is 2.43. The van der Waals surface area contributed by atoms with Crippen molar-refractivity contribution in [1.82, 2.24) is 10.6 Å². The van der Waals surface area contributed by atoms with Crippen LogP contribution in [-0.2, 0) is 10.2 Å². The lowest BCUT2D eigenvalue weighted by molar-refractivity contribution is -0.127. The average molecular weight is 316 g/mol. The first-order valence-electron chi connectivity index (χ1n) is 8.82. The molecule has 23 heavy (non-hydrogen) atoms. The van der Waals surface area contributed by atoms with Crippen molar-refractivity contribution in [3.63, 3.8) is 0 Å². The van der Waals surface area contributed by atoms with E-state index in [4.69, 9.17) is 4.74 Å². The zero-order valence-electron chi connectivity index (χ0n) is 14.3. The van der Waals surface area contributed by atoms with Crippen LogP contribution in [0.3, 0.4) is 0 Å².